The molecule has 0 heterocycles. The predicted molar refractivity (Wildman–Crippen MR) is 86.1 cm³/mol. The van der Waals surface area contributed by atoms with Crippen molar-refractivity contribution in [3.05, 3.63) is 35.9 Å². The Balaban J connectivity index is 2.52. The minimum atomic E-state index is -0.561. The highest BCUT2D eigenvalue weighted by Gasteiger charge is 2.23. The van der Waals surface area contributed by atoms with Crippen LogP contribution < -0.4 is 5.32 Å². The standard InChI is InChI=1S/C17H26N2O3/c1-14(2)19(13-15-9-5-3-6-10-15)17(22)16(21)18-11-7-4-8-12-20/h3,5-6,9-10,14,20H,4,7-8,11-13H2,1-2H3,(H,18,21). The van der Waals surface area contributed by atoms with E-state index in [1.54, 1.807) is 4.90 Å². The first-order valence-electron chi connectivity index (χ1n) is 7.80. The average molecular weight is 306 g/mol. The topological polar surface area (TPSA) is 69.6 Å². The molecule has 0 atom stereocenters. The molecule has 5 nitrogen and oxygen atoms in total. The Morgan fingerprint density at radius 1 is 1.14 bits per heavy atom. The number of rotatable bonds is 8. The summed E-state index contributed by atoms with van der Waals surface area (Å²) in [4.78, 5) is 25.8. The Labute approximate surface area is 132 Å². The lowest BCUT2D eigenvalue weighted by molar-refractivity contribution is -0.147. The maximum absolute atomic E-state index is 12.3. The SMILES string of the molecule is CC(C)N(Cc1ccccc1)C(=O)C(=O)NCCCCCO. The Hall–Kier alpha value is -1.88. The van der Waals surface area contributed by atoms with Crippen LogP contribution in [0.4, 0.5) is 0 Å². The zero-order chi connectivity index (χ0) is 16.4. The lowest BCUT2D eigenvalue weighted by atomic mass is 10.2. The van der Waals surface area contributed by atoms with Gasteiger partial charge >= 0.3 is 11.8 Å². The number of carbonyl (C=O) groups excluding carboxylic acids is 2. The van der Waals surface area contributed by atoms with Gasteiger partial charge in [-0.3, -0.25) is 9.59 Å². The van der Waals surface area contributed by atoms with E-state index in [4.69, 9.17) is 5.11 Å². The van der Waals surface area contributed by atoms with E-state index in [2.05, 4.69) is 5.32 Å². The molecular formula is C17H26N2O3. The Bertz CT molecular complexity index is 460. The smallest absolute Gasteiger partial charge is 0.312 e. The molecule has 0 bridgehead atoms. The van der Waals surface area contributed by atoms with E-state index in [0.717, 1.165) is 24.8 Å². The third-order valence-corrected chi connectivity index (χ3v) is 3.39. The molecule has 2 amide bonds. The molecule has 0 aliphatic heterocycles. The van der Waals surface area contributed by atoms with Crippen LogP contribution in [0.3, 0.4) is 0 Å². The van der Waals surface area contributed by atoms with Gasteiger partial charge in [0, 0.05) is 25.7 Å². The van der Waals surface area contributed by atoms with Gasteiger partial charge in [0.05, 0.1) is 0 Å². The fraction of sp³-hybridized carbons (Fsp3) is 0.529. The fourth-order valence-corrected chi connectivity index (χ4v) is 2.09. The predicted octanol–water partition coefficient (Wildman–Crippen LogP) is 1.70. The van der Waals surface area contributed by atoms with Crippen molar-refractivity contribution in [1.29, 1.82) is 0 Å². The van der Waals surface area contributed by atoms with E-state index in [9.17, 15) is 9.59 Å². The van der Waals surface area contributed by atoms with Crippen molar-refractivity contribution in [2.24, 2.45) is 0 Å². The molecule has 0 radical (unpaired) electrons. The van der Waals surface area contributed by atoms with Crippen LogP contribution in [0.1, 0.15) is 38.7 Å². The third-order valence-electron chi connectivity index (χ3n) is 3.39. The molecule has 0 saturated carbocycles. The summed E-state index contributed by atoms with van der Waals surface area (Å²) in [5, 5.41) is 11.3. The van der Waals surface area contributed by atoms with Crippen LogP contribution in [0.15, 0.2) is 30.3 Å². The van der Waals surface area contributed by atoms with Crippen molar-refractivity contribution in [3.8, 4) is 0 Å². The highest BCUT2D eigenvalue weighted by atomic mass is 16.3. The Morgan fingerprint density at radius 3 is 2.41 bits per heavy atom. The van der Waals surface area contributed by atoms with Crippen molar-refractivity contribution in [3.63, 3.8) is 0 Å². The number of benzene rings is 1. The molecule has 0 fully saturated rings. The minimum Gasteiger partial charge on any atom is -0.396 e. The van der Waals surface area contributed by atoms with E-state index in [-0.39, 0.29) is 12.6 Å². The van der Waals surface area contributed by atoms with Crippen LogP contribution in [0, 0.1) is 0 Å². The van der Waals surface area contributed by atoms with Gasteiger partial charge in [-0.05, 0) is 38.7 Å². The van der Waals surface area contributed by atoms with Gasteiger partial charge in [0.2, 0.25) is 0 Å². The minimum absolute atomic E-state index is 0.0483. The van der Waals surface area contributed by atoms with Crippen LogP contribution in [0.5, 0.6) is 0 Å². The third kappa shape index (κ3) is 6.26. The molecule has 1 aromatic carbocycles. The molecule has 122 valence electrons. The van der Waals surface area contributed by atoms with Crippen molar-refractivity contribution >= 4 is 11.8 Å². The second kappa shape index (κ2) is 9.95. The van der Waals surface area contributed by atoms with Crippen LogP contribution in [0.2, 0.25) is 0 Å². The van der Waals surface area contributed by atoms with Crippen LogP contribution in [0.25, 0.3) is 0 Å². The summed E-state index contributed by atoms with van der Waals surface area (Å²) < 4.78 is 0. The highest BCUT2D eigenvalue weighted by molar-refractivity contribution is 6.35. The number of nitrogens with zero attached hydrogens (tertiary/aromatic N) is 1. The first-order valence-corrected chi connectivity index (χ1v) is 7.80. The summed E-state index contributed by atoms with van der Waals surface area (Å²) in [6, 6.07) is 9.58. The zero-order valence-electron chi connectivity index (χ0n) is 13.4. The van der Waals surface area contributed by atoms with E-state index in [1.165, 1.54) is 0 Å². The molecule has 5 heteroatoms. The quantitative estimate of drug-likeness (QED) is 0.567. The fourth-order valence-electron chi connectivity index (χ4n) is 2.09. The molecule has 0 unspecified atom stereocenters. The number of amides is 2. The first-order chi connectivity index (χ1) is 10.6. The van der Waals surface area contributed by atoms with E-state index in [0.29, 0.717) is 13.1 Å². The van der Waals surface area contributed by atoms with Crippen molar-refractivity contribution in [2.45, 2.75) is 45.7 Å². The summed E-state index contributed by atoms with van der Waals surface area (Å²) in [5.41, 5.74) is 1.00. The van der Waals surface area contributed by atoms with Gasteiger partial charge in [-0.2, -0.15) is 0 Å². The first kappa shape index (κ1) is 18.2. The van der Waals surface area contributed by atoms with E-state index >= 15 is 0 Å². The molecule has 2 N–H and O–H groups in total. The highest BCUT2D eigenvalue weighted by Crippen LogP contribution is 2.08. The van der Waals surface area contributed by atoms with Gasteiger partial charge in [-0.1, -0.05) is 30.3 Å². The second-order valence-corrected chi connectivity index (χ2v) is 5.55. The Kier molecular flexibility index (Phi) is 8.22. The average Bonchev–Trinajstić information content (AvgIpc) is 2.52. The Morgan fingerprint density at radius 2 is 1.82 bits per heavy atom. The second-order valence-electron chi connectivity index (χ2n) is 5.55. The number of aliphatic hydroxyl groups is 1. The number of unbranched alkanes of at least 4 members (excludes halogenated alkanes) is 2. The molecule has 1 aromatic rings. The van der Waals surface area contributed by atoms with Crippen LogP contribution in [-0.2, 0) is 16.1 Å². The number of nitrogens with one attached hydrogen (secondary N) is 1. The molecular weight excluding hydrogens is 280 g/mol. The summed E-state index contributed by atoms with van der Waals surface area (Å²) in [5.74, 6) is -1.06. The van der Waals surface area contributed by atoms with Gasteiger partial charge in [0.15, 0.2) is 0 Å². The molecule has 0 aliphatic carbocycles. The zero-order valence-corrected chi connectivity index (χ0v) is 13.4. The van der Waals surface area contributed by atoms with E-state index in [1.807, 2.05) is 44.2 Å². The summed E-state index contributed by atoms with van der Waals surface area (Å²) in [7, 11) is 0. The lowest BCUT2D eigenvalue weighted by Crippen LogP contribution is -2.45. The monoisotopic (exact) mass is 306 g/mol. The number of carbonyl (C=O) groups is 2. The van der Waals surface area contributed by atoms with Gasteiger partial charge in [0.1, 0.15) is 0 Å². The largest absolute Gasteiger partial charge is 0.396 e. The van der Waals surface area contributed by atoms with Crippen molar-refractivity contribution in [1.82, 2.24) is 10.2 Å². The molecule has 0 saturated heterocycles. The summed E-state index contributed by atoms with van der Waals surface area (Å²) >= 11 is 0. The maximum atomic E-state index is 12.3. The summed E-state index contributed by atoms with van der Waals surface area (Å²) in [6.07, 6.45) is 2.32. The maximum Gasteiger partial charge on any atom is 0.312 e. The molecule has 0 aromatic heterocycles. The normalized spacial score (nSPS) is 10.5. The van der Waals surface area contributed by atoms with Gasteiger partial charge < -0.3 is 15.3 Å². The number of hydrogen-bond acceptors (Lipinski definition) is 3. The molecule has 22 heavy (non-hydrogen) atoms. The number of aliphatic hydroxyl groups excluding tert-OH is 1. The van der Waals surface area contributed by atoms with Gasteiger partial charge in [-0.25, -0.2) is 0 Å². The van der Waals surface area contributed by atoms with Crippen LogP contribution >= 0.6 is 0 Å². The van der Waals surface area contributed by atoms with Crippen molar-refractivity contribution < 1.29 is 14.7 Å². The number of hydrogen-bond donors (Lipinski definition) is 2. The molecule has 1 rings (SSSR count). The lowest BCUT2D eigenvalue weighted by Gasteiger charge is -2.26. The van der Waals surface area contributed by atoms with Gasteiger partial charge in [-0.15, -0.1) is 0 Å². The van der Waals surface area contributed by atoms with E-state index < -0.39 is 11.8 Å². The van der Waals surface area contributed by atoms with Crippen molar-refractivity contribution in [2.75, 3.05) is 13.2 Å². The van der Waals surface area contributed by atoms with Crippen LogP contribution in [-0.4, -0.2) is 41.0 Å². The summed E-state index contributed by atoms with van der Waals surface area (Å²) in [6.45, 7) is 4.84. The molecule has 0 spiro atoms. The van der Waals surface area contributed by atoms with Gasteiger partial charge in [0.25, 0.3) is 0 Å². The molecule has 0 aliphatic rings.